The van der Waals surface area contributed by atoms with Gasteiger partial charge in [0.15, 0.2) is 0 Å². The number of carbonyl (C=O) groups is 1. The minimum atomic E-state index is -3.48. The third kappa shape index (κ3) is 4.45. The highest BCUT2D eigenvalue weighted by molar-refractivity contribution is 7.89. The number of nitrogens with one attached hydrogen (secondary N) is 2. The summed E-state index contributed by atoms with van der Waals surface area (Å²) in [5, 5.41) is 0.998. The van der Waals surface area contributed by atoms with E-state index in [1.54, 1.807) is 35.4 Å². The van der Waals surface area contributed by atoms with Gasteiger partial charge < -0.3 is 14.6 Å². The molecule has 2 N–H and O–H groups in total. The van der Waals surface area contributed by atoms with E-state index in [1.807, 2.05) is 6.20 Å². The zero-order valence-corrected chi connectivity index (χ0v) is 19.9. The maximum atomic E-state index is 12.5. The van der Waals surface area contributed by atoms with E-state index in [0.717, 1.165) is 59.8 Å². The van der Waals surface area contributed by atoms with E-state index in [0.29, 0.717) is 13.1 Å². The van der Waals surface area contributed by atoms with Crippen LogP contribution in [0.2, 0.25) is 0 Å². The number of H-pyrrole nitrogens is 1. The second-order valence-electron chi connectivity index (χ2n) is 8.77. The van der Waals surface area contributed by atoms with E-state index < -0.39 is 10.0 Å². The summed E-state index contributed by atoms with van der Waals surface area (Å²) in [5.74, 6) is 0. The summed E-state index contributed by atoms with van der Waals surface area (Å²) < 4.78 is 32.0. The molecule has 1 aliphatic carbocycles. The zero-order valence-electron chi connectivity index (χ0n) is 19.1. The number of nitrogens with zero attached hydrogens (tertiary/aromatic N) is 2. The summed E-state index contributed by atoms with van der Waals surface area (Å²) in [5.41, 5.74) is 4.82. The van der Waals surface area contributed by atoms with Crippen molar-refractivity contribution < 1.29 is 17.9 Å². The zero-order chi connectivity index (χ0) is 23.7. The number of hydrogen-bond acceptors (Lipinski definition) is 5. The largest absolute Gasteiger partial charge is 0.446 e. The first-order valence-corrected chi connectivity index (χ1v) is 13.1. The topological polar surface area (TPSA) is 104 Å². The average molecular weight is 481 g/mol. The fourth-order valence-electron chi connectivity index (χ4n) is 4.67. The van der Waals surface area contributed by atoms with Gasteiger partial charge in [0.1, 0.15) is 11.8 Å². The quantitative estimate of drug-likeness (QED) is 0.566. The maximum absolute atomic E-state index is 12.5. The van der Waals surface area contributed by atoms with Gasteiger partial charge in [-0.2, -0.15) is 0 Å². The molecule has 0 saturated heterocycles. The highest BCUT2D eigenvalue weighted by Crippen LogP contribution is 2.32. The van der Waals surface area contributed by atoms with E-state index in [2.05, 4.69) is 26.8 Å². The van der Waals surface area contributed by atoms with Crippen LogP contribution in [0.1, 0.15) is 37.7 Å². The highest BCUT2D eigenvalue weighted by Gasteiger charge is 2.25. The number of carbonyl (C=O) groups excluding carboxylic acids is 1. The smallest absolute Gasteiger partial charge is 0.410 e. The first-order chi connectivity index (χ1) is 16.4. The number of aromatic amines is 1. The van der Waals surface area contributed by atoms with Crippen LogP contribution in [-0.4, -0.2) is 55.6 Å². The summed E-state index contributed by atoms with van der Waals surface area (Å²) >= 11 is 0. The van der Waals surface area contributed by atoms with Crippen LogP contribution in [0, 0.1) is 0 Å². The van der Waals surface area contributed by atoms with Crippen LogP contribution in [-0.2, 0) is 14.8 Å². The second-order valence-corrected chi connectivity index (χ2v) is 10.7. The number of rotatable bonds is 5. The first kappa shape index (κ1) is 22.6. The Balaban J connectivity index is 1.35. The van der Waals surface area contributed by atoms with Crippen LogP contribution < -0.4 is 4.72 Å². The molecule has 0 unspecified atom stereocenters. The molecule has 1 saturated carbocycles. The number of sulfonamides is 1. The lowest BCUT2D eigenvalue weighted by Gasteiger charge is -2.27. The Morgan fingerprint density at radius 3 is 2.62 bits per heavy atom. The number of fused-ring (bicyclic) bond motifs is 1. The Bertz CT molecular complexity index is 1340. The lowest BCUT2D eigenvalue weighted by Crippen LogP contribution is -2.36. The molecule has 0 atom stereocenters. The second kappa shape index (κ2) is 9.23. The lowest BCUT2D eigenvalue weighted by molar-refractivity contribution is 0.0682. The van der Waals surface area contributed by atoms with Gasteiger partial charge in [-0.3, -0.25) is 0 Å². The SMILES string of the molecule is CNS(=O)(=O)c1ccc(-c2cnc3[nH]cc(C4=CCN(C(=O)OC5CCCC5)CC4)c3c2)cc1. The molecule has 1 aliphatic heterocycles. The van der Waals surface area contributed by atoms with Crippen LogP contribution in [0.15, 0.2) is 53.7 Å². The van der Waals surface area contributed by atoms with Gasteiger partial charge in [-0.05, 0) is 68.5 Å². The fraction of sp³-hybridized carbons (Fsp3) is 0.360. The predicted molar refractivity (Wildman–Crippen MR) is 131 cm³/mol. The van der Waals surface area contributed by atoms with Crippen molar-refractivity contribution in [3.63, 3.8) is 0 Å². The molecular weight excluding hydrogens is 452 g/mol. The molecule has 9 heteroatoms. The van der Waals surface area contributed by atoms with Gasteiger partial charge >= 0.3 is 6.09 Å². The maximum Gasteiger partial charge on any atom is 0.410 e. The Labute approximate surface area is 199 Å². The van der Waals surface area contributed by atoms with Crippen molar-refractivity contribution in [2.24, 2.45) is 0 Å². The van der Waals surface area contributed by atoms with Gasteiger partial charge in [0.25, 0.3) is 0 Å². The third-order valence-corrected chi connectivity index (χ3v) is 8.11. The molecule has 2 aromatic heterocycles. The van der Waals surface area contributed by atoms with E-state index in [4.69, 9.17) is 4.74 Å². The van der Waals surface area contributed by atoms with Crippen molar-refractivity contribution >= 4 is 32.7 Å². The molecule has 0 bridgehead atoms. The van der Waals surface area contributed by atoms with Crippen molar-refractivity contribution in [1.29, 1.82) is 0 Å². The minimum absolute atomic E-state index is 0.0726. The molecule has 3 heterocycles. The molecule has 1 fully saturated rings. The number of amides is 1. The standard InChI is InChI=1S/C25H28N4O4S/c1-26-34(31,32)21-8-6-17(7-9-21)19-14-22-23(16-28-24(22)27-15-19)18-10-12-29(13-11-18)25(30)33-20-4-2-3-5-20/h6-10,14-16,20,26H,2-5,11-13H2,1H3,(H,27,28). The summed E-state index contributed by atoms with van der Waals surface area (Å²) in [6, 6.07) is 8.82. The number of hydrogen-bond donors (Lipinski definition) is 2. The Morgan fingerprint density at radius 2 is 1.94 bits per heavy atom. The van der Waals surface area contributed by atoms with Crippen LogP contribution in [0.25, 0.3) is 27.7 Å². The molecule has 5 rings (SSSR count). The molecule has 0 radical (unpaired) electrons. The molecule has 1 amide bonds. The van der Waals surface area contributed by atoms with Gasteiger partial charge in [0, 0.05) is 42.0 Å². The number of pyridine rings is 1. The monoisotopic (exact) mass is 480 g/mol. The third-order valence-electron chi connectivity index (χ3n) is 6.68. The molecule has 1 aromatic carbocycles. The van der Waals surface area contributed by atoms with Crippen molar-refractivity contribution in [2.45, 2.75) is 43.1 Å². The molecule has 34 heavy (non-hydrogen) atoms. The molecular formula is C25H28N4O4S. The predicted octanol–water partition coefficient (Wildman–Crippen LogP) is 4.31. The Hall–Kier alpha value is -3.17. The van der Waals surface area contributed by atoms with Gasteiger partial charge in [0.05, 0.1) is 4.90 Å². The lowest BCUT2D eigenvalue weighted by atomic mass is 9.98. The van der Waals surface area contributed by atoms with Crippen LogP contribution >= 0.6 is 0 Å². The van der Waals surface area contributed by atoms with Crippen LogP contribution in [0.5, 0.6) is 0 Å². The van der Waals surface area contributed by atoms with Crippen LogP contribution in [0.4, 0.5) is 4.79 Å². The summed E-state index contributed by atoms with van der Waals surface area (Å²) in [6.07, 6.45) is 10.6. The summed E-state index contributed by atoms with van der Waals surface area (Å²) in [4.78, 5) is 22.3. The summed E-state index contributed by atoms with van der Waals surface area (Å²) in [7, 11) is -2.08. The molecule has 2 aliphatic rings. The highest BCUT2D eigenvalue weighted by atomic mass is 32.2. The first-order valence-electron chi connectivity index (χ1n) is 11.6. The Kier molecular flexibility index (Phi) is 6.14. The van der Waals surface area contributed by atoms with Crippen molar-refractivity contribution in [3.05, 3.63) is 54.4 Å². The molecule has 178 valence electrons. The van der Waals surface area contributed by atoms with E-state index in [1.165, 1.54) is 12.6 Å². The summed E-state index contributed by atoms with van der Waals surface area (Å²) in [6.45, 7) is 1.15. The molecule has 0 spiro atoms. The van der Waals surface area contributed by atoms with Gasteiger partial charge in [-0.25, -0.2) is 22.9 Å². The van der Waals surface area contributed by atoms with Crippen LogP contribution in [0.3, 0.4) is 0 Å². The Morgan fingerprint density at radius 1 is 1.18 bits per heavy atom. The van der Waals surface area contributed by atoms with Gasteiger partial charge in [-0.1, -0.05) is 18.2 Å². The normalized spacial score (nSPS) is 17.2. The fourth-order valence-corrected chi connectivity index (χ4v) is 5.40. The number of aromatic nitrogens is 2. The average Bonchev–Trinajstić information content (AvgIpc) is 3.53. The van der Waals surface area contributed by atoms with E-state index >= 15 is 0 Å². The molecule has 8 nitrogen and oxygen atoms in total. The van der Waals surface area contributed by atoms with Crippen molar-refractivity contribution in [2.75, 3.05) is 20.1 Å². The minimum Gasteiger partial charge on any atom is -0.446 e. The number of benzene rings is 1. The van der Waals surface area contributed by atoms with E-state index in [9.17, 15) is 13.2 Å². The van der Waals surface area contributed by atoms with Crippen molar-refractivity contribution in [3.8, 4) is 11.1 Å². The molecule has 3 aromatic rings. The van der Waals surface area contributed by atoms with Gasteiger partial charge in [0.2, 0.25) is 10.0 Å². The van der Waals surface area contributed by atoms with E-state index in [-0.39, 0.29) is 17.1 Å². The number of ether oxygens (including phenoxy) is 1. The van der Waals surface area contributed by atoms with Crippen molar-refractivity contribution in [1.82, 2.24) is 19.6 Å². The van der Waals surface area contributed by atoms with Gasteiger partial charge in [-0.15, -0.1) is 0 Å².